The summed E-state index contributed by atoms with van der Waals surface area (Å²) in [5.74, 6) is 1.80. The lowest BCUT2D eigenvalue weighted by atomic mass is 9.91. The van der Waals surface area contributed by atoms with Crippen LogP contribution in [-0.4, -0.2) is 49.5 Å². The van der Waals surface area contributed by atoms with E-state index in [1.165, 1.54) is 53.4 Å². The van der Waals surface area contributed by atoms with Gasteiger partial charge in [0, 0.05) is 30.9 Å². The van der Waals surface area contributed by atoms with Crippen LogP contribution in [0.15, 0.2) is 54.2 Å². The number of fused-ring (bicyclic) bond motifs is 2. The molecule has 35 heavy (non-hydrogen) atoms. The normalized spacial score (nSPS) is 21.0. The lowest BCUT2D eigenvalue weighted by molar-refractivity contribution is 0.153. The SMILES string of the molecule is CN(Cc1nc2ccccc2n1C[C@H]1CCCN(Cc2nccs2)C1)C1CCCc2cccnc21. The molecular formula is C28H34N6S. The number of imidazole rings is 1. The molecule has 1 unspecified atom stereocenters. The summed E-state index contributed by atoms with van der Waals surface area (Å²) in [5, 5.41) is 3.31. The molecule has 0 amide bonds. The maximum Gasteiger partial charge on any atom is 0.124 e. The number of pyridine rings is 1. The average Bonchev–Trinajstić information content (AvgIpc) is 3.52. The van der Waals surface area contributed by atoms with Crippen molar-refractivity contribution in [3.05, 3.63) is 76.3 Å². The van der Waals surface area contributed by atoms with Gasteiger partial charge in [-0.05, 0) is 75.4 Å². The van der Waals surface area contributed by atoms with Crippen LogP contribution in [-0.2, 0) is 26.1 Å². The van der Waals surface area contributed by atoms with Crippen LogP contribution < -0.4 is 0 Å². The molecule has 0 N–H and O–H groups in total. The number of para-hydroxylation sites is 2. The van der Waals surface area contributed by atoms with Gasteiger partial charge in [0.25, 0.3) is 0 Å². The third kappa shape index (κ3) is 4.90. The Morgan fingerprint density at radius 1 is 1.06 bits per heavy atom. The number of benzene rings is 1. The highest BCUT2D eigenvalue weighted by molar-refractivity contribution is 7.09. The van der Waals surface area contributed by atoms with Gasteiger partial charge in [0.15, 0.2) is 0 Å². The fraction of sp³-hybridized carbons (Fsp3) is 0.464. The summed E-state index contributed by atoms with van der Waals surface area (Å²) in [7, 11) is 2.24. The number of thiazole rings is 1. The van der Waals surface area contributed by atoms with Crippen molar-refractivity contribution < 1.29 is 0 Å². The van der Waals surface area contributed by atoms with Crippen LogP contribution in [0.25, 0.3) is 11.0 Å². The third-order valence-corrected chi connectivity index (χ3v) is 8.47. The zero-order valence-electron chi connectivity index (χ0n) is 20.5. The van der Waals surface area contributed by atoms with Gasteiger partial charge in [-0.1, -0.05) is 18.2 Å². The molecule has 0 radical (unpaired) electrons. The van der Waals surface area contributed by atoms with Gasteiger partial charge >= 0.3 is 0 Å². The van der Waals surface area contributed by atoms with Crippen molar-refractivity contribution in [2.24, 2.45) is 5.92 Å². The smallest absolute Gasteiger partial charge is 0.124 e. The van der Waals surface area contributed by atoms with E-state index >= 15 is 0 Å². The summed E-state index contributed by atoms with van der Waals surface area (Å²) >= 11 is 1.76. The summed E-state index contributed by atoms with van der Waals surface area (Å²) in [6, 6.07) is 13.3. The minimum atomic E-state index is 0.358. The number of aryl methyl sites for hydroxylation is 1. The zero-order chi connectivity index (χ0) is 23.6. The molecule has 0 saturated carbocycles. The van der Waals surface area contributed by atoms with E-state index in [1.807, 2.05) is 12.4 Å². The minimum absolute atomic E-state index is 0.358. The van der Waals surface area contributed by atoms with E-state index in [1.54, 1.807) is 11.3 Å². The average molecular weight is 487 g/mol. The summed E-state index contributed by atoms with van der Waals surface area (Å²) < 4.78 is 2.51. The number of hydrogen-bond donors (Lipinski definition) is 0. The van der Waals surface area contributed by atoms with Crippen molar-refractivity contribution >= 4 is 22.4 Å². The molecular weight excluding hydrogens is 452 g/mol. The van der Waals surface area contributed by atoms with Gasteiger partial charge in [-0.25, -0.2) is 9.97 Å². The first-order chi connectivity index (χ1) is 17.2. The Morgan fingerprint density at radius 2 is 2.00 bits per heavy atom. The molecule has 1 aliphatic heterocycles. The fourth-order valence-electron chi connectivity index (χ4n) is 6.02. The van der Waals surface area contributed by atoms with Crippen molar-refractivity contribution in [3.8, 4) is 0 Å². The summed E-state index contributed by atoms with van der Waals surface area (Å²) in [4.78, 5) is 19.5. The van der Waals surface area contributed by atoms with E-state index in [-0.39, 0.29) is 0 Å². The molecule has 0 bridgehead atoms. The van der Waals surface area contributed by atoms with Gasteiger partial charge in [0.05, 0.1) is 35.9 Å². The third-order valence-electron chi connectivity index (χ3n) is 7.71. The lowest BCUT2D eigenvalue weighted by Crippen LogP contribution is -2.37. The van der Waals surface area contributed by atoms with Crippen LogP contribution in [0.4, 0.5) is 0 Å². The molecule has 182 valence electrons. The highest BCUT2D eigenvalue weighted by Gasteiger charge is 2.27. The van der Waals surface area contributed by atoms with Crippen LogP contribution in [0.3, 0.4) is 0 Å². The van der Waals surface area contributed by atoms with Gasteiger partial charge in [0.2, 0.25) is 0 Å². The first-order valence-corrected chi connectivity index (χ1v) is 13.8. The molecule has 6 nitrogen and oxygen atoms in total. The number of piperidine rings is 1. The predicted octanol–water partition coefficient (Wildman–Crippen LogP) is 5.31. The van der Waals surface area contributed by atoms with Crippen LogP contribution >= 0.6 is 11.3 Å². The maximum atomic E-state index is 5.13. The Kier molecular flexibility index (Phi) is 6.63. The first-order valence-electron chi connectivity index (χ1n) is 12.9. The fourth-order valence-corrected chi connectivity index (χ4v) is 6.68. The molecule has 4 heterocycles. The molecule has 1 saturated heterocycles. The number of nitrogens with zero attached hydrogens (tertiary/aromatic N) is 6. The van der Waals surface area contributed by atoms with Crippen molar-refractivity contribution in [1.82, 2.24) is 29.3 Å². The van der Waals surface area contributed by atoms with E-state index < -0.39 is 0 Å². The first kappa shape index (κ1) is 22.8. The highest BCUT2D eigenvalue weighted by Crippen LogP contribution is 2.33. The van der Waals surface area contributed by atoms with Crippen LogP contribution in [0.1, 0.15) is 53.8 Å². The van der Waals surface area contributed by atoms with Crippen molar-refractivity contribution in [1.29, 1.82) is 0 Å². The van der Waals surface area contributed by atoms with E-state index in [9.17, 15) is 0 Å². The standard InChI is InChI=1S/C28H34N6S/c1-32(25-12-4-8-22-9-5-13-30-28(22)25)19-26-31-23-10-2-3-11-24(23)34(26)18-21-7-6-15-33(17-21)20-27-29-14-16-35-27/h2-3,5,9-11,13-14,16,21,25H,4,6-8,12,15,17-20H2,1H3/t21-,25?/m0/s1. The summed E-state index contributed by atoms with van der Waals surface area (Å²) in [5.41, 5.74) is 5.03. The number of likely N-dealkylation sites (tertiary alicyclic amines) is 1. The molecule has 2 atom stereocenters. The second-order valence-electron chi connectivity index (χ2n) is 10.2. The predicted molar refractivity (Wildman–Crippen MR) is 141 cm³/mol. The van der Waals surface area contributed by atoms with Crippen molar-refractivity contribution in [3.63, 3.8) is 0 Å². The Bertz CT molecular complexity index is 1270. The van der Waals surface area contributed by atoms with Gasteiger partial charge < -0.3 is 4.57 Å². The van der Waals surface area contributed by atoms with Crippen molar-refractivity contribution in [2.75, 3.05) is 20.1 Å². The summed E-state index contributed by atoms with van der Waals surface area (Å²) in [6.07, 6.45) is 9.92. The Morgan fingerprint density at radius 3 is 2.91 bits per heavy atom. The Balaban J connectivity index is 1.23. The second-order valence-corrected chi connectivity index (χ2v) is 11.1. The zero-order valence-corrected chi connectivity index (χ0v) is 21.3. The van der Waals surface area contributed by atoms with E-state index in [0.29, 0.717) is 12.0 Å². The summed E-state index contributed by atoms with van der Waals surface area (Å²) in [6.45, 7) is 5.14. The van der Waals surface area contributed by atoms with Crippen molar-refractivity contribution in [2.45, 2.75) is 57.8 Å². The molecule has 7 heteroatoms. The van der Waals surface area contributed by atoms with Crippen LogP contribution in [0, 0.1) is 5.92 Å². The van der Waals surface area contributed by atoms with E-state index in [2.05, 4.69) is 68.2 Å². The Labute approximate surface area is 211 Å². The van der Waals surface area contributed by atoms with E-state index in [0.717, 1.165) is 44.5 Å². The van der Waals surface area contributed by atoms with Gasteiger partial charge in [0.1, 0.15) is 10.8 Å². The highest BCUT2D eigenvalue weighted by atomic mass is 32.1. The lowest BCUT2D eigenvalue weighted by Gasteiger charge is -2.34. The second kappa shape index (κ2) is 10.2. The Hall–Kier alpha value is -2.61. The molecule has 2 aliphatic rings. The molecule has 1 aromatic carbocycles. The number of aromatic nitrogens is 4. The molecule has 0 spiro atoms. The maximum absolute atomic E-state index is 5.13. The molecule has 3 aromatic heterocycles. The molecule has 1 fully saturated rings. The van der Waals surface area contributed by atoms with Crippen LogP contribution in [0.5, 0.6) is 0 Å². The molecule has 6 rings (SSSR count). The monoisotopic (exact) mass is 486 g/mol. The number of hydrogen-bond acceptors (Lipinski definition) is 6. The largest absolute Gasteiger partial charge is 0.327 e. The van der Waals surface area contributed by atoms with Crippen LogP contribution in [0.2, 0.25) is 0 Å². The molecule has 4 aromatic rings. The topological polar surface area (TPSA) is 50.1 Å². The molecule has 1 aliphatic carbocycles. The van der Waals surface area contributed by atoms with Gasteiger partial charge in [-0.15, -0.1) is 11.3 Å². The quantitative estimate of drug-likeness (QED) is 0.354. The number of rotatable bonds is 7. The van der Waals surface area contributed by atoms with Gasteiger partial charge in [-0.3, -0.25) is 14.8 Å². The van der Waals surface area contributed by atoms with Gasteiger partial charge in [-0.2, -0.15) is 0 Å². The minimum Gasteiger partial charge on any atom is -0.327 e. The van der Waals surface area contributed by atoms with E-state index in [4.69, 9.17) is 9.97 Å².